The molecule has 29 heavy (non-hydrogen) atoms. The first-order chi connectivity index (χ1) is 13.4. The highest BCUT2D eigenvalue weighted by Gasteiger charge is 2.54. The van der Waals surface area contributed by atoms with Crippen LogP contribution >= 0.6 is 15.9 Å². The van der Waals surface area contributed by atoms with Crippen molar-refractivity contribution in [1.82, 2.24) is 9.80 Å². The maximum atomic E-state index is 12.6. The minimum absolute atomic E-state index is 0.189. The number of carbonyl (C=O) groups excluding carboxylic acids is 1. The molecular weight excluding hydrogens is 453 g/mol. The molecule has 1 heterocycles. The first-order valence-corrected chi connectivity index (χ1v) is 10.4. The van der Waals surface area contributed by atoms with Crippen LogP contribution in [0.4, 0.5) is 18.0 Å². The molecule has 1 aromatic carbocycles. The lowest BCUT2D eigenvalue weighted by molar-refractivity contribution is -0.153. The molecule has 1 aromatic rings. The fraction of sp³-hybridized carbons (Fsp3) is 0.650. The maximum Gasteiger partial charge on any atom is 0.422 e. The van der Waals surface area contributed by atoms with Crippen LogP contribution in [0.5, 0.6) is 5.75 Å². The number of amides is 1. The number of carbonyl (C=O) groups is 1. The lowest BCUT2D eigenvalue weighted by atomic mass is 10.1. The van der Waals surface area contributed by atoms with Gasteiger partial charge in [-0.3, -0.25) is 9.80 Å². The fourth-order valence-electron chi connectivity index (χ4n) is 3.54. The summed E-state index contributed by atoms with van der Waals surface area (Å²) in [6.45, 7) is 6.76. The Bertz CT molecular complexity index is 760. The van der Waals surface area contributed by atoms with Gasteiger partial charge in [0.05, 0.1) is 5.54 Å². The van der Waals surface area contributed by atoms with Crippen molar-refractivity contribution in [1.29, 1.82) is 0 Å². The topological polar surface area (TPSA) is 42.0 Å². The second-order valence-electron chi connectivity index (χ2n) is 8.72. The number of benzene rings is 1. The Hall–Kier alpha value is -1.48. The predicted octanol–water partition coefficient (Wildman–Crippen LogP) is 4.98. The van der Waals surface area contributed by atoms with Crippen LogP contribution in [-0.4, -0.2) is 59.5 Å². The van der Waals surface area contributed by atoms with Crippen molar-refractivity contribution in [3.05, 3.63) is 28.2 Å². The van der Waals surface area contributed by atoms with E-state index < -0.39 is 18.4 Å². The summed E-state index contributed by atoms with van der Waals surface area (Å²) in [6, 6.07) is 4.85. The van der Waals surface area contributed by atoms with Gasteiger partial charge < -0.3 is 9.47 Å². The Morgan fingerprint density at radius 3 is 2.48 bits per heavy atom. The van der Waals surface area contributed by atoms with Crippen LogP contribution in [0.2, 0.25) is 0 Å². The monoisotopic (exact) mass is 478 g/mol. The smallest absolute Gasteiger partial charge is 0.422 e. The van der Waals surface area contributed by atoms with Crippen molar-refractivity contribution in [3.8, 4) is 5.75 Å². The SMILES string of the molecule is CC(C)(C)OC(=O)N1CCN(Cc2cc(OCC(F)(F)F)ccc2Br)CC12CC2. The van der Waals surface area contributed by atoms with Gasteiger partial charge in [0.25, 0.3) is 0 Å². The molecule has 0 atom stereocenters. The van der Waals surface area contributed by atoms with E-state index in [9.17, 15) is 18.0 Å². The van der Waals surface area contributed by atoms with Crippen molar-refractivity contribution in [3.63, 3.8) is 0 Å². The molecule has 1 saturated heterocycles. The Labute approximate surface area is 177 Å². The summed E-state index contributed by atoms with van der Waals surface area (Å²) in [4.78, 5) is 16.6. The number of nitrogens with zero attached hydrogens (tertiary/aromatic N) is 2. The van der Waals surface area contributed by atoms with E-state index in [1.165, 1.54) is 6.07 Å². The zero-order valence-electron chi connectivity index (χ0n) is 16.8. The molecule has 0 radical (unpaired) electrons. The molecule has 3 rings (SSSR count). The van der Waals surface area contributed by atoms with Crippen LogP contribution in [-0.2, 0) is 11.3 Å². The number of halogens is 4. The molecule has 0 N–H and O–H groups in total. The summed E-state index contributed by atoms with van der Waals surface area (Å²) in [5.74, 6) is 0.189. The molecule has 162 valence electrons. The molecule has 0 aromatic heterocycles. The van der Waals surface area contributed by atoms with Crippen LogP contribution in [0.25, 0.3) is 0 Å². The largest absolute Gasteiger partial charge is 0.484 e. The zero-order chi connectivity index (χ0) is 21.4. The van der Waals surface area contributed by atoms with Gasteiger partial charge in [-0.05, 0) is 57.4 Å². The van der Waals surface area contributed by atoms with E-state index in [1.54, 1.807) is 12.1 Å². The van der Waals surface area contributed by atoms with Gasteiger partial charge in [-0.2, -0.15) is 13.2 Å². The van der Waals surface area contributed by atoms with Gasteiger partial charge in [0.15, 0.2) is 6.61 Å². The highest BCUT2D eigenvalue weighted by Crippen LogP contribution is 2.45. The van der Waals surface area contributed by atoms with Gasteiger partial charge in [0, 0.05) is 30.7 Å². The molecule has 2 fully saturated rings. The molecule has 0 bridgehead atoms. The number of alkyl halides is 3. The van der Waals surface area contributed by atoms with Crippen LogP contribution < -0.4 is 4.74 Å². The van der Waals surface area contributed by atoms with Gasteiger partial charge >= 0.3 is 12.3 Å². The van der Waals surface area contributed by atoms with E-state index in [1.807, 2.05) is 25.7 Å². The standard InChI is InChI=1S/C20H26BrF3N2O3/c1-18(2,3)29-17(27)26-9-8-25(12-19(26)6-7-19)11-14-10-15(4-5-16(14)21)28-13-20(22,23)24/h4-5,10H,6-9,11-13H2,1-3H3. The molecule has 2 aliphatic rings. The van der Waals surface area contributed by atoms with Crippen molar-refractivity contribution in [2.75, 3.05) is 26.2 Å². The van der Waals surface area contributed by atoms with E-state index in [0.29, 0.717) is 26.2 Å². The summed E-state index contributed by atoms with van der Waals surface area (Å²) >= 11 is 3.47. The number of hydrogen-bond acceptors (Lipinski definition) is 4. The fourth-order valence-corrected chi connectivity index (χ4v) is 3.91. The first-order valence-electron chi connectivity index (χ1n) is 9.58. The molecule has 5 nitrogen and oxygen atoms in total. The summed E-state index contributed by atoms with van der Waals surface area (Å²) < 4.78 is 48.5. The Kier molecular flexibility index (Phi) is 6.11. The average Bonchev–Trinajstić information content (AvgIpc) is 3.32. The quantitative estimate of drug-likeness (QED) is 0.612. The average molecular weight is 479 g/mol. The van der Waals surface area contributed by atoms with Crippen molar-refractivity contribution in [2.24, 2.45) is 0 Å². The van der Waals surface area contributed by atoms with Gasteiger partial charge in [-0.1, -0.05) is 15.9 Å². The number of rotatable bonds is 4. The summed E-state index contributed by atoms with van der Waals surface area (Å²) in [7, 11) is 0. The van der Waals surface area contributed by atoms with E-state index >= 15 is 0 Å². The van der Waals surface area contributed by atoms with Crippen molar-refractivity contribution < 1.29 is 27.4 Å². The highest BCUT2D eigenvalue weighted by molar-refractivity contribution is 9.10. The molecule has 0 unspecified atom stereocenters. The van der Waals surface area contributed by atoms with Gasteiger partial charge in [-0.25, -0.2) is 4.79 Å². The van der Waals surface area contributed by atoms with Gasteiger partial charge in [0.1, 0.15) is 11.4 Å². The summed E-state index contributed by atoms with van der Waals surface area (Å²) in [6.07, 6.45) is -2.79. The molecule has 1 spiro atoms. The van der Waals surface area contributed by atoms with E-state index in [2.05, 4.69) is 20.8 Å². The minimum atomic E-state index is -4.37. The Morgan fingerprint density at radius 1 is 1.21 bits per heavy atom. The van der Waals surface area contributed by atoms with Gasteiger partial charge in [-0.15, -0.1) is 0 Å². The lowest BCUT2D eigenvalue weighted by Crippen LogP contribution is -2.57. The first kappa shape index (κ1) is 22.2. The second kappa shape index (κ2) is 7.98. The van der Waals surface area contributed by atoms with Crippen LogP contribution in [0.3, 0.4) is 0 Å². The van der Waals surface area contributed by atoms with Crippen LogP contribution in [0.1, 0.15) is 39.2 Å². The van der Waals surface area contributed by atoms with E-state index in [-0.39, 0.29) is 17.4 Å². The molecule has 1 aliphatic heterocycles. The van der Waals surface area contributed by atoms with E-state index in [4.69, 9.17) is 9.47 Å². The minimum Gasteiger partial charge on any atom is -0.484 e. The summed E-state index contributed by atoms with van der Waals surface area (Å²) in [5.41, 5.74) is 0.120. The summed E-state index contributed by atoms with van der Waals surface area (Å²) in [5, 5.41) is 0. The third-order valence-electron chi connectivity index (χ3n) is 4.99. The second-order valence-corrected chi connectivity index (χ2v) is 9.58. The van der Waals surface area contributed by atoms with Crippen molar-refractivity contribution >= 4 is 22.0 Å². The molecular formula is C20H26BrF3N2O3. The number of ether oxygens (including phenoxy) is 2. The molecule has 9 heteroatoms. The highest BCUT2D eigenvalue weighted by atomic mass is 79.9. The predicted molar refractivity (Wildman–Crippen MR) is 106 cm³/mol. The van der Waals surface area contributed by atoms with Crippen molar-refractivity contribution in [2.45, 2.75) is 57.5 Å². The zero-order valence-corrected chi connectivity index (χ0v) is 18.4. The van der Waals surface area contributed by atoms with Gasteiger partial charge in [0.2, 0.25) is 0 Å². The Morgan fingerprint density at radius 2 is 1.90 bits per heavy atom. The van der Waals surface area contributed by atoms with Crippen LogP contribution in [0, 0.1) is 0 Å². The maximum absolute atomic E-state index is 12.6. The normalized spacial score (nSPS) is 19.3. The van der Waals surface area contributed by atoms with E-state index in [0.717, 1.165) is 22.9 Å². The molecule has 1 aliphatic carbocycles. The Balaban J connectivity index is 1.63. The lowest BCUT2D eigenvalue weighted by Gasteiger charge is -2.42. The number of hydrogen-bond donors (Lipinski definition) is 0. The van der Waals surface area contributed by atoms with Crippen LogP contribution in [0.15, 0.2) is 22.7 Å². The number of piperazine rings is 1. The molecule has 1 amide bonds. The third kappa shape index (κ3) is 6.01. The molecule has 1 saturated carbocycles. The third-order valence-corrected chi connectivity index (χ3v) is 5.76.